The average Bonchev–Trinajstić information content (AvgIpc) is 2.64. The summed E-state index contributed by atoms with van der Waals surface area (Å²) in [6.45, 7) is 3.09. The summed E-state index contributed by atoms with van der Waals surface area (Å²) in [6, 6.07) is 4.46. The van der Waals surface area contributed by atoms with Gasteiger partial charge in [-0.25, -0.2) is 0 Å². The highest BCUT2D eigenvalue weighted by molar-refractivity contribution is 9.11. The van der Waals surface area contributed by atoms with Gasteiger partial charge in [-0.1, -0.05) is 0 Å². The van der Waals surface area contributed by atoms with Crippen molar-refractivity contribution in [3.8, 4) is 0 Å². The number of thiophene rings is 1. The average molecular weight is 302 g/mol. The van der Waals surface area contributed by atoms with Gasteiger partial charge in [-0.05, 0) is 54.2 Å². The van der Waals surface area contributed by atoms with Gasteiger partial charge >= 0.3 is 0 Å². The van der Waals surface area contributed by atoms with Crippen LogP contribution in [0.5, 0.6) is 0 Å². The molecule has 2 rings (SSSR count). The molecule has 1 aromatic heterocycles. The molecule has 88 valence electrons. The minimum atomic E-state index is 0.279. The van der Waals surface area contributed by atoms with E-state index in [4.69, 9.17) is 0 Å². The van der Waals surface area contributed by atoms with Gasteiger partial charge in [-0.15, -0.1) is 11.3 Å². The molecular formula is C12H16BrNOS. The lowest BCUT2D eigenvalue weighted by atomic mass is 10.0. The lowest BCUT2D eigenvalue weighted by Gasteiger charge is -2.33. The number of piperidine rings is 1. The number of hydrogen-bond donors (Lipinski definition) is 0. The minimum absolute atomic E-state index is 0.279. The Morgan fingerprint density at radius 1 is 1.56 bits per heavy atom. The minimum Gasteiger partial charge on any atom is -0.340 e. The van der Waals surface area contributed by atoms with E-state index in [1.807, 2.05) is 17.0 Å². The molecule has 0 N–H and O–H groups in total. The van der Waals surface area contributed by atoms with Crippen molar-refractivity contribution < 1.29 is 4.79 Å². The zero-order valence-electron chi connectivity index (χ0n) is 9.41. The molecule has 1 unspecified atom stereocenters. The van der Waals surface area contributed by atoms with E-state index >= 15 is 0 Å². The molecule has 1 atom stereocenters. The smallest absolute Gasteiger partial charge is 0.228 e. The first-order valence-electron chi connectivity index (χ1n) is 5.70. The van der Waals surface area contributed by atoms with Gasteiger partial charge in [0.1, 0.15) is 0 Å². The third-order valence-corrected chi connectivity index (χ3v) is 4.70. The molecule has 1 saturated heterocycles. The van der Waals surface area contributed by atoms with Crippen LogP contribution < -0.4 is 0 Å². The Morgan fingerprint density at radius 3 is 3.00 bits per heavy atom. The van der Waals surface area contributed by atoms with E-state index in [1.54, 1.807) is 11.3 Å². The topological polar surface area (TPSA) is 20.3 Å². The third kappa shape index (κ3) is 2.86. The number of amides is 1. The quantitative estimate of drug-likeness (QED) is 0.819. The Morgan fingerprint density at radius 2 is 2.38 bits per heavy atom. The van der Waals surface area contributed by atoms with Crippen LogP contribution in [-0.4, -0.2) is 23.4 Å². The molecule has 0 spiro atoms. The SMILES string of the molecule is CC1CCCCN1C(=O)Cc1ccc(Br)s1. The van der Waals surface area contributed by atoms with Gasteiger partial charge in [0, 0.05) is 17.5 Å². The van der Waals surface area contributed by atoms with Crippen LogP contribution in [0.15, 0.2) is 15.9 Å². The van der Waals surface area contributed by atoms with E-state index in [1.165, 1.54) is 6.42 Å². The van der Waals surface area contributed by atoms with E-state index < -0.39 is 0 Å². The second-order valence-corrected chi connectivity index (χ2v) is 6.86. The summed E-state index contributed by atoms with van der Waals surface area (Å²) in [5, 5.41) is 0. The summed E-state index contributed by atoms with van der Waals surface area (Å²) >= 11 is 5.07. The van der Waals surface area contributed by atoms with Crippen molar-refractivity contribution in [2.45, 2.75) is 38.6 Å². The monoisotopic (exact) mass is 301 g/mol. The molecule has 0 aromatic carbocycles. The van der Waals surface area contributed by atoms with E-state index in [0.29, 0.717) is 12.5 Å². The van der Waals surface area contributed by atoms with Crippen molar-refractivity contribution in [2.24, 2.45) is 0 Å². The normalized spacial score (nSPS) is 21.1. The molecular weight excluding hydrogens is 286 g/mol. The summed E-state index contributed by atoms with van der Waals surface area (Å²) in [6.07, 6.45) is 4.13. The maximum atomic E-state index is 12.1. The molecule has 2 heterocycles. The summed E-state index contributed by atoms with van der Waals surface area (Å²) in [5.74, 6) is 0.279. The number of carbonyl (C=O) groups excluding carboxylic acids is 1. The van der Waals surface area contributed by atoms with Crippen LogP contribution >= 0.6 is 27.3 Å². The summed E-state index contributed by atoms with van der Waals surface area (Å²) in [7, 11) is 0. The van der Waals surface area contributed by atoms with E-state index in [0.717, 1.165) is 28.0 Å². The first-order valence-corrected chi connectivity index (χ1v) is 7.31. The number of nitrogens with zero attached hydrogens (tertiary/aromatic N) is 1. The summed E-state index contributed by atoms with van der Waals surface area (Å²) in [5.41, 5.74) is 0. The van der Waals surface area contributed by atoms with Gasteiger partial charge in [0.05, 0.1) is 10.2 Å². The first kappa shape index (κ1) is 12.1. The number of halogens is 1. The highest BCUT2D eigenvalue weighted by Crippen LogP contribution is 2.24. The van der Waals surface area contributed by atoms with E-state index in [9.17, 15) is 4.79 Å². The number of likely N-dealkylation sites (tertiary alicyclic amines) is 1. The van der Waals surface area contributed by atoms with Crippen molar-refractivity contribution in [2.75, 3.05) is 6.54 Å². The molecule has 1 aliphatic heterocycles. The number of hydrogen-bond acceptors (Lipinski definition) is 2. The van der Waals surface area contributed by atoms with Gasteiger partial charge in [-0.3, -0.25) is 4.79 Å². The number of rotatable bonds is 2. The maximum Gasteiger partial charge on any atom is 0.228 e. The second-order valence-electron chi connectivity index (χ2n) is 4.31. The first-order chi connectivity index (χ1) is 7.66. The molecule has 0 bridgehead atoms. The van der Waals surface area contributed by atoms with Crippen LogP contribution in [0.3, 0.4) is 0 Å². The van der Waals surface area contributed by atoms with Crippen LogP contribution in [0.1, 0.15) is 31.1 Å². The lowest BCUT2D eigenvalue weighted by molar-refractivity contribution is -0.133. The second kappa shape index (κ2) is 5.32. The van der Waals surface area contributed by atoms with Crippen LogP contribution in [-0.2, 0) is 11.2 Å². The van der Waals surface area contributed by atoms with Gasteiger partial charge in [0.15, 0.2) is 0 Å². The van der Waals surface area contributed by atoms with Crippen molar-refractivity contribution in [3.05, 3.63) is 20.8 Å². The fourth-order valence-corrected chi connectivity index (χ4v) is 3.64. The molecule has 1 aliphatic rings. The van der Waals surface area contributed by atoms with Crippen molar-refractivity contribution in [1.29, 1.82) is 0 Å². The predicted molar refractivity (Wildman–Crippen MR) is 70.7 cm³/mol. The van der Waals surface area contributed by atoms with Crippen LogP contribution in [0.25, 0.3) is 0 Å². The van der Waals surface area contributed by atoms with E-state index in [2.05, 4.69) is 22.9 Å². The fraction of sp³-hybridized carbons (Fsp3) is 0.583. The zero-order valence-corrected chi connectivity index (χ0v) is 11.8. The van der Waals surface area contributed by atoms with Gasteiger partial charge in [0.2, 0.25) is 5.91 Å². The van der Waals surface area contributed by atoms with Crippen LogP contribution in [0.4, 0.5) is 0 Å². The van der Waals surface area contributed by atoms with Crippen molar-refractivity contribution in [3.63, 3.8) is 0 Å². The Kier molecular flexibility index (Phi) is 4.03. The number of carbonyl (C=O) groups is 1. The van der Waals surface area contributed by atoms with Gasteiger partial charge in [-0.2, -0.15) is 0 Å². The molecule has 1 aromatic rings. The van der Waals surface area contributed by atoms with Crippen LogP contribution in [0, 0.1) is 0 Å². The largest absolute Gasteiger partial charge is 0.340 e. The maximum absolute atomic E-state index is 12.1. The predicted octanol–water partition coefficient (Wildman–Crippen LogP) is 3.45. The highest BCUT2D eigenvalue weighted by Gasteiger charge is 2.23. The van der Waals surface area contributed by atoms with Crippen molar-refractivity contribution in [1.82, 2.24) is 4.90 Å². The molecule has 0 radical (unpaired) electrons. The molecule has 0 aliphatic carbocycles. The zero-order chi connectivity index (χ0) is 11.5. The fourth-order valence-electron chi connectivity index (χ4n) is 2.17. The lowest BCUT2D eigenvalue weighted by Crippen LogP contribution is -2.42. The van der Waals surface area contributed by atoms with E-state index in [-0.39, 0.29) is 5.91 Å². The standard InChI is InChI=1S/C12H16BrNOS/c1-9-4-2-3-7-14(9)12(15)8-10-5-6-11(13)16-10/h5-6,9H,2-4,7-8H2,1H3. The Hall–Kier alpha value is -0.350. The van der Waals surface area contributed by atoms with Crippen molar-refractivity contribution >= 4 is 33.2 Å². The molecule has 16 heavy (non-hydrogen) atoms. The Labute approximate surface area is 109 Å². The molecule has 1 amide bonds. The molecule has 0 saturated carbocycles. The van der Waals surface area contributed by atoms with Crippen LogP contribution in [0.2, 0.25) is 0 Å². The third-order valence-electron chi connectivity index (χ3n) is 3.08. The summed E-state index contributed by atoms with van der Waals surface area (Å²) < 4.78 is 1.10. The van der Waals surface area contributed by atoms with Gasteiger partial charge in [0.25, 0.3) is 0 Å². The highest BCUT2D eigenvalue weighted by atomic mass is 79.9. The molecule has 4 heteroatoms. The molecule has 1 fully saturated rings. The van der Waals surface area contributed by atoms with Gasteiger partial charge < -0.3 is 4.90 Å². The Bertz CT molecular complexity index is 377. The molecule has 2 nitrogen and oxygen atoms in total. The Balaban J connectivity index is 1.96. The summed E-state index contributed by atoms with van der Waals surface area (Å²) in [4.78, 5) is 15.3.